The maximum absolute atomic E-state index is 8.79. The van der Waals surface area contributed by atoms with Gasteiger partial charge in [-0.15, -0.1) is 0 Å². The van der Waals surface area contributed by atoms with Crippen LogP contribution in [0.5, 0.6) is 0 Å². The smallest absolute Gasteiger partial charge is 0.0448 e. The van der Waals surface area contributed by atoms with Crippen molar-refractivity contribution in [1.82, 2.24) is 0 Å². The first-order valence-corrected chi connectivity index (χ1v) is 4.56. The molecular formula is C9H19NO. The summed E-state index contributed by atoms with van der Waals surface area (Å²) in [4.78, 5) is 0. The lowest BCUT2D eigenvalue weighted by Crippen LogP contribution is -2.44. The molecule has 0 aromatic rings. The van der Waals surface area contributed by atoms with E-state index in [-0.39, 0.29) is 12.1 Å². The van der Waals surface area contributed by atoms with Gasteiger partial charge in [0.15, 0.2) is 0 Å². The van der Waals surface area contributed by atoms with Gasteiger partial charge in [0.1, 0.15) is 0 Å². The molecule has 1 aliphatic rings. The van der Waals surface area contributed by atoms with Crippen molar-refractivity contribution < 1.29 is 5.11 Å². The third kappa shape index (κ3) is 2.46. The Morgan fingerprint density at radius 1 is 1.64 bits per heavy atom. The van der Waals surface area contributed by atoms with Crippen LogP contribution < -0.4 is 5.73 Å². The van der Waals surface area contributed by atoms with Crippen LogP contribution in [-0.4, -0.2) is 17.3 Å². The van der Waals surface area contributed by atoms with Gasteiger partial charge in [-0.05, 0) is 25.2 Å². The Balaban J connectivity index is 2.41. The average molecular weight is 157 g/mol. The molecule has 0 radical (unpaired) electrons. The number of hydrogen-bond donors (Lipinski definition) is 2. The third-order valence-electron chi connectivity index (χ3n) is 2.74. The zero-order valence-corrected chi connectivity index (χ0v) is 7.34. The topological polar surface area (TPSA) is 46.2 Å². The molecule has 0 spiro atoms. The maximum Gasteiger partial charge on any atom is 0.0448 e. The normalized spacial score (nSPS) is 39.0. The second kappa shape index (κ2) is 3.55. The van der Waals surface area contributed by atoms with Crippen molar-refractivity contribution in [2.24, 2.45) is 11.7 Å². The summed E-state index contributed by atoms with van der Waals surface area (Å²) in [7, 11) is 0. The van der Waals surface area contributed by atoms with E-state index in [0.29, 0.717) is 0 Å². The van der Waals surface area contributed by atoms with Gasteiger partial charge in [-0.2, -0.15) is 0 Å². The minimum Gasteiger partial charge on any atom is -0.396 e. The Hall–Kier alpha value is -0.0800. The minimum absolute atomic E-state index is 0.0492. The van der Waals surface area contributed by atoms with E-state index in [0.717, 1.165) is 25.2 Å². The predicted octanol–water partition coefficient (Wildman–Crippen LogP) is 1.28. The second-order valence-electron chi connectivity index (χ2n) is 4.04. The molecule has 1 fully saturated rings. The molecule has 2 unspecified atom stereocenters. The molecule has 1 saturated carbocycles. The molecule has 2 nitrogen and oxygen atoms in total. The van der Waals surface area contributed by atoms with E-state index in [1.165, 1.54) is 12.8 Å². The molecule has 0 bridgehead atoms. The van der Waals surface area contributed by atoms with Gasteiger partial charge in [0, 0.05) is 12.1 Å². The molecule has 2 atom stereocenters. The highest BCUT2D eigenvalue weighted by Crippen LogP contribution is 2.32. The van der Waals surface area contributed by atoms with E-state index in [1.807, 2.05) is 0 Å². The van der Waals surface area contributed by atoms with Crippen LogP contribution in [0.1, 0.15) is 39.0 Å². The molecule has 1 rings (SSSR count). The van der Waals surface area contributed by atoms with Crippen molar-refractivity contribution in [3.63, 3.8) is 0 Å². The van der Waals surface area contributed by atoms with Crippen molar-refractivity contribution in [2.75, 3.05) is 6.61 Å². The zero-order valence-electron chi connectivity index (χ0n) is 7.34. The molecule has 2 heteroatoms. The fraction of sp³-hybridized carbons (Fsp3) is 1.00. The quantitative estimate of drug-likeness (QED) is 0.634. The summed E-state index contributed by atoms with van der Waals surface area (Å²) < 4.78 is 0. The average Bonchev–Trinajstić information content (AvgIpc) is 1.86. The summed E-state index contributed by atoms with van der Waals surface area (Å²) in [6.45, 7) is 2.49. The van der Waals surface area contributed by atoms with Gasteiger partial charge < -0.3 is 10.8 Å². The molecule has 3 N–H and O–H groups in total. The van der Waals surface area contributed by atoms with Crippen LogP contribution in [0.25, 0.3) is 0 Å². The molecule has 1 aliphatic carbocycles. The summed E-state index contributed by atoms with van der Waals surface area (Å²) in [5, 5.41) is 8.79. The molecule has 11 heavy (non-hydrogen) atoms. The summed E-state index contributed by atoms with van der Waals surface area (Å²) >= 11 is 0. The summed E-state index contributed by atoms with van der Waals surface area (Å²) in [5.41, 5.74) is 6.05. The zero-order chi connectivity index (χ0) is 8.32. The molecule has 0 heterocycles. The first-order valence-electron chi connectivity index (χ1n) is 4.56. The van der Waals surface area contributed by atoms with Crippen molar-refractivity contribution in [3.8, 4) is 0 Å². The highest BCUT2D eigenvalue weighted by molar-refractivity contribution is 4.89. The van der Waals surface area contributed by atoms with E-state index in [2.05, 4.69) is 6.92 Å². The lowest BCUT2D eigenvalue weighted by molar-refractivity contribution is 0.175. The van der Waals surface area contributed by atoms with Crippen molar-refractivity contribution in [1.29, 1.82) is 0 Å². The van der Waals surface area contributed by atoms with Crippen molar-refractivity contribution in [2.45, 2.75) is 44.6 Å². The molecule has 0 amide bonds. The van der Waals surface area contributed by atoms with Crippen LogP contribution in [-0.2, 0) is 0 Å². The maximum atomic E-state index is 8.79. The number of rotatable bonds is 2. The molecule has 0 aliphatic heterocycles. The second-order valence-corrected chi connectivity index (χ2v) is 4.04. The Labute approximate surface area is 68.8 Å². The number of aliphatic hydroxyl groups is 1. The fourth-order valence-electron chi connectivity index (χ4n) is 2.15. The first kappa shape index (κ1) is 9.01. The highest BCUT2D eigenvalue weighted by Gasteiger charge is 2.29. The Bertz CT molecular complexity index is 123. The molecule has 0 aromatic carbocycles. The summed E-state index contributed by atoms with van der Waals surface area (Å²) in [6, 6.07) is 0. The van der Waals surface area contributed by atoms with E-state index < -0.39 is 0 Å². The van der Waals surface area contributed by atoms with Crippen LogP contribution in [0, 0.1) is 5.92 Å². The predicted molar refractivity (Wildman–Crippen MR) is 46.3 cm³/mol. The molecule has 66 valence electrons. The molecule has 0 saturated heterocycles. The van der Waals surface area contributed by atoms with Crippen LogP contribution >= 0.6 is 0 Å². The van der Waals surface area contributed by atoms with Crippen LogP contribution in [0.2, 0.25) is 0 Å². The number of aliphatic hydroxyl groups excluding tert-OH is 1. The Kier molecular flexibility index (Phi) is 2.90. The van der Waals surface area contributed by atoms with Crippen molar-refractivity contribution in [3.05, 3.63) is 0 Å². The van der Waals surface area contributed by atoms with E-state index in [9.17, 15) is 0 Å². The van der Waals surface area contributed by atoms with Gasteiger partial charge in [0.05, 0.1) is 0 Å². The van der Waals surface area contributed by atoms with Crippen LogP contribution in [0.4, 0.5) is 0 Å². The number of hydrogen-bond acceptors (Lipinski definition) is 2. The lowest BCUT2D eigenvalue weighted by Gasteiger charge is -2.36. The Morgan fingerprint density at radius 2 is 2.36 bits per heavy atom. The van der Waals surface area contributed by atoms with Gasteiger partial charge in [0.2, 0.25) is 0 Å². The first-order chi connectivity index (χ1) is 5.16. The van der Waals surface area contributed by atoms with Crippen LogP contribution in [0.3, 0.4) is 0 Å². The highest BCUT2D eigenvalue weighted by atomic mass is 16.3. The third-order valence-corrected chi connectivity index (χ3v) is 2.74. The van der Waals surface area contributed by atoms with E-state index >= 15 is 0 Å². The van der Waals surface area contributed by atoms with Crippen molar-refractivity contribution >= 4 is 0 Å². The minimum atomic E-state index is -0.0492. The largest absolute Gasteiger partial charge is 0.396 e. The monoisotopic (exact) mass is 157 g/mol. The van der Waals surface area contributed by atoms with Gasteiger partial charge in [-0.1, -0.05) is 19.8 Å². The van der Waals surface area contributed by atoms with E-state index in [4.69, 9.17) is 10.8 Å². The van der Waals surface area contributed by atoms with E-state index in [1.54, 1.807) is 0 Å². The SMILES string of the molecule is CC1CCCC(N)(CCO)C1. The van der Waals surface area contributed by atoms with Gasteiger partial charge in [-0.25, -0.2) is 0 Å². The standard InChI is InChI=1S/C9H19NO/c1-8-3-2-4-9(10,7-8)5-6-11/h8,11H,2-7,10H2,1H3. The summed E-state index contributed by atoms with van der Waals surface area (Å²) in [5.74, 6) is 0.750. The van der Waals surface area contributed by atoms with Gasteiger partial charge in [0.25, 0.3) is 0 Å². The molecule has 0 aromatic heterocycles. The van der Waals surface area contributed by atoms with Gasteiger partial charge in [-0.3, -0.25) is 0 Å². The van der Waals surface area contributed by atoms with Gasteiger partial charge >= 0.3 is 0 Å². The lowest BCUT2D eigenvalue weighted by atomic mass is 9.75. The number of nitrogens with two attached hydrogens (primary N) is 1. The van der Waals surface area contributed by atoms with Crippen LogP contribution in [0.15, 0.2) is 0 Å². The Morgan fingerprint density at radius 3 is 2.91 bits per heavy atom. The summed E-state index contributed by atoms with van der Waals surface area (Å²) in [6.07, 6.45) is 5.50. The fourth-order valence-corrected chi connectivity index (χ4v) is 2.15. The molecular weight excluding hydrogens is 138 g/mol.